The molecule has 0 amide bonds. The minimum Gasteiger partial charge on any atom is -0.493 e. The second-order valence-electron chi connectivity index (χ2n) is 4.03. The summed E-state index contributed by atoms with van der Waals surface area (Å²) in [7, 11) is 5.25. The van der Waals surface area contributed by atoms with Gasteiger partial charge in [0.2, 0.25) is 0 Å². The van der Waals surface area contributed by atoms with Crippen LogP contribution >= 0.6 is 0 Å². The molecule has 1 rings (SSSR count). The van der Waals surface area contributed by atoms with Crippen LogP contribution in [0.5, 0.6) is 11.5 Å². The van der Waals surface area contributed by atoms with E-state index in [-0.39, 0.29) is 0 Å². The van der Waals surface area contributed by atoms with Crippen LogP contribution in [0.15, 0.2) is 18.2 Å². The highest BCUT2D eigenvalue weighted by Gasteiger charge is 2.05. The lowest BCUT2D eigenvalue weighted by atomic mass is 10.2. The number of benzene rings is 1. The van der Waals surface area contributed by atoms with Crippen molar-refractivity contribution in [3.63, 3.8) is 0 Å². The van der Waals surface area contributed by atoms with Crippen molar-refractivity contribution in [1.82, 2.24) is 10.6 Å². The molecule has 1 unspecified atom stereocenters. The predicted molar refractivity (Wildman–Crippen MR) is 69.8 cm³/mol. The van der Waals surface area contributed by atoms with Crippen LogP contribution in [0.2, 0.25) is 0 Å². The van der Waals surface area contributed by atoms with Crippen molar-refractivity contribution in [3.05, 3.63) is 23.8 Å². The molecule has 0 aromatic heterocycles. The van der Waals surface area contributed by atoms with E-state index in [2.05, 4.69) is 17.6 Å². The van der Waals surface area contributed by atoms with E-state index in [4.69, 9.17) is 9.47 Å². The van der Waals surface area contributed by atoms with Crippen molar-refractivity contribution < 1.29 is 9.47 Å². The number of hydrogen-bond acceptors (Lipinski definition) is 4. The van der Waals surface area contributed by atoms with E-state index in [0.717, 1.165) is 24.6 Å². The molecule has 0 aliphatic heterocycles. The van der Waals surface area contributed by atoms with Gasteiger partial charge >= 0.3 is 0 Å². The molecule has 0 fully saturated rings. The summed E-state index contributed by atoms with van der Waals surface area (Å²) in [4.78, 5) is 0. The molecule has 0 spiro atoms. The Morgan fingerprint density at radius 3 is 2.47 bits per heavy atom. The van der Waals surface area contributed by atoms with Gasteiger partial charge in [-0.05, 0) is 31.7 Å². The molecule has 1 aromatic carbocycles. The van der Waals surface area contributed by atoms with Crippen molar-refractivity contribution in [2.75, 3.05) is 27.8 Å². The lowest BCUT2D eigenvalue weighted by Gasteiger charge is -2.14. The summed E-state index contributed by atoms with van der Waals surface area (Å²) < 4.78 is 10.5. The van der Waals surface area contributed by atoms with Gasteiger partial charge in [0.15, 0.2) is 11.5 Å². The smallest absolute Gasteiger partial charge is 0.161 e. The fourth-order valence-corrected chi connectivity index (χ4v) is 1.66. The SMILES string of the molecule is CNCC(C)NCc1ccc(OC)c(OC)c1. The van der Waals surface area contributed by atoms with Crippen molar-refractivity contribution >= 4 is 0 Å². The Labute approximate surface area is 103 Å². The maximum absolute atomic E-state index is 5.27. The Bertz CT molecular complexity index is 342. The van der Waals surface area contributed by atoms with Gasteiger partial charge in [-0.2, -0.15) is 0 Å². The van der Waals surface area contributed by atoms with Crippen LogP contribution in [0.3, 0.4) is 0 Å². The first-order valence-corrected chi connectivity index (χ1v) is 5.80. The quantitative estimate of drug-likeness (QED) is 0.753. The molecule has 17 heavy (non-hydrogen) atoms. The summed E-state index contributed by atoms with van der Waals surface area (Å²) >= 11 is 0. The zero-order valence-electron chi connectivity index (χ0n) is 11.0. The minimum absolute atomic E-state index is 0.438. The van der Waals surface area contributed by atoms with Crippen LogP contribution in [0.25, 0.3) is 0 Å². The first-order valence-electron chi connectivity index (χ1n) is 5.80. The maximum atomic E-state index is 5.27. The Hall–Kier alpha value is -1.26. The number of hydrogen-bond donors (Lipinski definition) is 2. The molecular weight excluding hydrogens is 216 g/mol. The van der Waals surface area contributed by atoms with E-state index in [1.54, 1.807) is 14.2 Å². The Kier molecular flexibility index (Phi) is 5.80. The zero-order chi connectivity index (χ0) is 12.7. The molecule has 0 aliphatic carbocycles. The Balaban J connectivity index is 2.60. The molecule has 2 N–H and O–H groups in total. The van der Waals surface area contributed by atoms with Crippen LogP contribution in [-0.2, 0) is 6.54 Å². The van der Waals surface area contributed by atoms with Gasteiger partial charge in [0.1, 0.15) is 0 Å². The van der Waals surface area contributed by atoms with Crippen molar-refractivity contribution in [1.29, 1.82) is 0 Å². The van der Waals surface area contributed by atoms with E-state index in [1.165, 1.54) is 5.56 Å². The molecule has 0 heterocycles. The van der Waals surface area contributed by atoms with Gasteiger partial charge in [-0.15, -0.1) is 0 Å². The van der Waals surface area contributed by atoms with Gasteiger partial charge in [-0.25, -0.2) is 0 Å². The van der Waals surface area contributed by atoms with Crippen LogP contribution in [0.1, 0.15) is 12.5 Å². The zero-order valence-corrected chi connectivity index (χ0v) is 11.0. The third-order valence-corrected chi connectivity index (χ3v) is 2.61. The van der Waals surface area contributed by atoms with Crippen LogP contribution in [-0.4, -0.2) is 33.9 Å². The fraction of sp³-hybridized carbons (Fsp3) is 0.538. The van der Waals surface area contributed by atoms with E-state index in [9.17, 15) is 0 Å². The standard InChI is InChI=1S/C13H22N2O2/c1-10(8-14-2)15-9-11-5-6-12(16-3)13(7-11)17-4/h5-7,10,14-15H,8-9H2,1-4H3. The predicted octanol–water partition coefficient (Wildman–Crippen LogP) is 1.40. The average molecular weight is 238 g/mol. The van der Waals surface area contributed by atoms with Crippen LogP contribution in [0, 0.1) is 0 Å². The Morgan fingerprint density at radius 1 is 1.18 bits per heavy atom. The normalized spacial score (nSPS) is 12.2. The molecule has 0 radical (unpaired) electrons. The lowest BCUT2D eigenvalue weighted by Crippen LogP contribution is -2.34. The van der Waals surface area contributed by atoms with Gasteiger partial charge in [-0.1, -0.05) is 6.07 Å². The minimum atomic E-state index is 0.438. The van der Waals surface area contributed by atoms with E-state index >= 15 is 0 Å². The molecule has 4 nitrogen and oxygen atoms in total. The Morgan fingerprint density at radius 2 is 1.88 bits per heavy atom. The molecule has 0 saturated heterocycles. The monoisotopic (exact) mass is 238 g/mol. The lowest BCUT2D eigenvalue weighted by molar-refractivity contribution is 0.354. The topological polar surface area (TPSA) is 42.5 Å². The molecule has 1 atom stereocenters. The number of likely N-dealkylation sites (N-methyl/N-ethyl adjacent to an activating group) is 1. The highest BCUT2D eigenvalue weighted by Crippen LogP contribution is 2.27. The number of rotatable bonds is 7. The van der Waals surface area contributed by atoms with Gasteiger partial charge in [0.05, 0.1) is 14.2 Å². The van der Waals surface area contributed by atoms with Gasteiger partial charge in [0.25, 0.3) is 0 Å². The molecule has 0 bridgehead atoms. The molecule has 1 aromatic rings. The molecular formula is C13H22N2O2. The third kappa shape index (κ3) is 4.24. The third-order valence-electron chi connectivity index (χ3n) is 2.61. The fourth-order valence-electron chi connectivity index (χ4n) is 1.66. The molecule has 4 heteroatoms. The van der Waals surface area contributed by atoms with Crippen molar-refractivity contribution in [2.45, 2.75) is 19.5 Å². The average Bonchev–Trinajstić information content (AvgIpc) is 2.36. The van der Waals surface area contributed by atoms with Gasteiger partial charge in [-0.3, -0.25) is 0 Å². The van der Waals surface area contributed by atoms with Crippen molar-refractivity contribution in [2.24, 2.45) is 0 Å². The second-order valence-corrected chi connectivity index (χ2v) is 4.03. The second kappa shape index (κ2) is 7.14. The number of nitrogens with one attached hydrogen (secondary N) is 2. The molecule has 0 aliphatic rings. The van der Waals surface area contributed by atoms with Crippen molar-refractivity contribution in [3.8, 4) is 11.5 Å². The first-order chi connectivity index (χ1) is 8.21. The van der Waals surface area contributed by atoms with Crippen LogP contribution < -0.4 is 20.1 Å². The summed E-state index contributed by atoms with van der Waals surface area (Å²) in [5.74, 6) is 1.53. The van der Waals surface area contributed by atoms with E-state index < -0.39 is 0 Å². The van der Waals surface area contributed by atoms with E-state index in [0.29, 0.717) is 6.04 Å². The summed E-state index contributed by atoms with van der Waals surface area (Å²) in [5.41, 5.74) is 1.19. The highest BCUT2D eigenvalue weighted by molar-refractivity contribution is 5.42. The van der Waals surface area contributed by atoms with Gasteiger partial charge < -0.3 is 20.1 Å². The maximum Gasteiger partial charge on any atom is 0.161 e. The summed E-state index contributed by atoms with van der Waals surface area (Å²) in [6, 6.07) is 6.41. The van der Waals surface area contributed by atoms with Gasteiger partial charge in [0, 0.05) is 19.1 Å². The largest absolute Gasteiger partial charge is 0.493 e. The first kappa shape index (κ1) is 13.8. The molecule has 96 valence electrons. The van der Waals surface area contributed by atoms with E-state index in [1.807, 2.05) is 25.2 Å². The summed E-state index contributed by atoms with van der Waals surface area (Å²) in [6.45, 7) is 3.92. The number of methoxy groups -OCH3 is 2. The summed E-state index contributed by atoms with van der Waals surface area (Å²) in [5, 5.41) is 6.57. The summed E-state index contributed by atoms with van der Waals surface area (Å²) in [6.07, 6.45) is 0. The molecule has 0 saturated carbocycles. The number of ether oxygens (including phenoxy) is 2. The van der Waals surface area contributed by atoms with Crippen LogP contribution in [0.4, 0.5) is 0 Å². The highest BCUT2D eigenvalue weighted by atomic mass is 16.5.